The minimum atomic E-state index is 0.294. The monoisotopic (exact) mass is 225 g/mol. The van der Waals surface area contributed by atoms with Gasteiger partial charge in [-0.25, -0.2) is 0 Å². The molecular weight excluding hydrogens is 202 g/mol. The van der Waals surface area contributed by atoms with Crippen molar-refractivity contribution in [3.05, 3.63) is 11.9 Å². The summed E-state index contributed by atoms with van der Waals surface area (Å²) < 4.78 is 7.39. The third-order valence-corrected chi connectivity index (χ3v) is 2.75. The molecule has 0 saturated carbocycles. The number of nitrogens with one attached hydrogen (secondary N) is 1. The molecule has 4 nitrogen and oxygen atoms in total. The zero-order chi connectivity index (χ0) is 12.1. The summed E-state index contributed by atoms with van der Waals surface area (Å²) in [7, 11) is 1.70. The normalized spacial score (nSPS) is 13.1. The molecule has 1 N–H and O–H groups in total. The maximum Gasteiger partial charge on any atom is 0.161 e. The van der Waals surface area contributed by atoms with Crippen molar-refractivity contribution in [3.8, 4) is 5.75 Å². The number of hydrogen-bond acceptors (Lipinski definition) is 3. The van der Waals surface area contributed by atoms with Gasteiger partial charge >= 0.3 is 0 Å². The van der Waals surface area contributed by atoms with Gasteiger partial charge in [0.05, 0.1) is 25.0 Å². The highest BCUT2D eigenvalue weighted by molar-refractivity contribution is 5.28. The first-order chi connectivity index (χ1) is 7.65. The lowest BCUT2D eigenvalue weighted by atomic mass is 10.0. The van der Waals surface area contributed by atoms with Crippen LogP contribution in [0, 0.1) is 5.92 Å². The van der Waals surface area contributed by atoms with Crippen molar-refractivity contribution < 1.29 is 4.74 Å². The van der Waals surface area contributed by atoms with Gasteiger partial charge in [-0.3, -0.25) is 4.68 Å². The van der Waals surface area contributed by atoms with Gasteiger partial charge < -0.3 is 10.1 Å². The van der Waals surface area contributed by atoms with Crippen molar-refractivity contribution in [1.29, 1.82) is 0 Å². The van der Waals surface area contributed by atoms with Crippen LogP contribution in [0.15, 0.2) is 6.20 Å². The first kappa shape index (κ1) is 13.0. The minimum Gasteiger partial charge on any atom is -0.493 e. The summed E-state index contributed by atoms with van der Waals surface area (Å²) in [6.45, 7) is 10.4. The van der Waals surface area contributed by atoms with Gasteiger partial charge in [-0.2, -0.15) is 5.10 Å². The fourth-order valence-electron chi connectivity index (χ4n) is 1.97. The van der Waals surface area contributed by atoms with Gasteiger partial charge in [-0.15, -0.1) is 0 Å². The molecule has 1 rings (SSSR count). The smallest absolute Gasteiger partial charge is 0.161 e. The third kappa shape index (κ3) is 2.55. The van der Waals surface area contributed by atoms with Crippen LogP contribution in [0.5, 0.6) is 5.75 Å². The molecule has 16 heavy (non-hydrogen) atoms. The molecule has 1 aromatic rings. The number of nitrogens with zero attached hydrogens (tertiary/aromatic N) is 2. The predicted octanol–water partition coefficient (Wildman–Crippen LogP) is 2.22. The van der Waals surface area contributed by atoms with E-state index in [2.05, 4.69) is 38.1 Å². The van der Waals surface area contributed by atoms with E-state index in [1.165, 1.54) is 0 Å². The lowest BCUT2D eigenvalue weighted by molar-refractivity contribution is 0.357. The van der Waals surface area contributed by atoms with E-state index < -0.39 is 0 Å². The molecule has 0 bridgehead atoms. The van der Waals surface area contributed by atoms with Gasteiger partial charge in [0.25, 0.3) is 0 Å². The number of aromatic nitrogens is 2. The number of rotatable bonds is 6. The van der Waals surface area contributed by atoms with Crippen LogP contribution in [-0.4, -0.2) is 23.4 Å². The van der Waals surface area contributed by atoms with Crippen LogP contribution in [0.3, 0.4) is 0 Å². The van der Waals surface area contributed by atoms with Gasteiger partial charge in [-0.05, 0) is 19.4 Å². The highest BCUT2D eigenvalue weighted by atomic mass is 16.5. The molecule has 0 spiro atoms. The van der Waals surface area contributed by atoms with E-state index >= 15 is 0 Å². The molecule has 0 aliphatic carbocycles. The van der Waals surface area contributed by atoms with Crippen LogP contribution in [0.4, 0.5) is 0 Å². The molecule has 0 amide bonds. The van der Waals surface area contributed by atoms with Crippen molar-refractivity contribution in [1.82, 2.24) is 15.1 Å². The van der Waals surface area contributed by atoms with E-state index in [1.54, 1.807) is 13.3 Å². The largest absolute Gasteiger partial charge is 0.493 e. The highest BCUT2D eigenvalue weighted by Gasteiger charge is 2.23. The Morgan fingerprint density at radius 1 is 1.44 bits per heavy atom. The van der Waals surface area contributed by atoms with E-state index in [0.717, 1.165) is 24.5 Å². The van der Waals surface area contributed by atoms with Crippen LogP contribution < -0.4 is 10.1 Å². The predicted molar refractivity (Wildman–Crippen MR) is 65.7 cm³/mol. The van der Waals surface area contributed by atoms with Gasteiger partial charge in [0, 0.05) is 6.54 Å². The van der Waals surface area contributed by atoms with Crippen LogP contribution in [0.2, 0.25) is 0 Å². The fraction of sp³-hybridized carbons (Fsp3) is 0.750. The summed E-state index contributed by atoms with van der Waals surface area (Å²) in [4.78, 5) is 0. The summed E-state index contributed by atoms with van der Waals surface area (Å²) >= 11 is 0. The number of hydrogen-bond donors (Lipinski definition) is 1. The van der Waals surface area contributed by atoms with Crippen molar-refractivity contribution in [2.24, 2.45) is 5.92 Å². The minimum absolute atomic E-state index is 0.294. The van der Waals surface area contributed by atoms with Crippen molar-refractivity contribution in [2.75, 3.05) is 13.7 Å². The second kappa shape index (κ2) is 5.89. The Kier molecular flexibility index (Phi) is 4.80. The molecule has 1 aromatic heterocycles. The Balaban J connectivity index is 3.09. The summed E-state index contributed by atoms with van der Waals surface area (Å²) in [5.41, 5.74) is 1.15. The summed E-state index contributed by atoms with van der Waals surface area (Å²) in [5.74, 6) is 1.39. The SMILES string of the molecule is CCNC(c1c(OC)cnn1CC)C(C)C. The number of ether oxygens (including phenoxy) is 1. The van der Waals surface area contributed by atoms with E-state index in [0.29, 0.717) is 12.0 Å². The Hall–Kier alpha value is -1.03. The van der Waals surface area contributed by atoms with Gasteiger partial charge in [0.15, 0.2) is 5.75 Å². The van der Waals surface area contributed by atoms with Gasteiger partial charge in [0.1, 0.15) is 0 Å². The molecule has 0 radical (unpaired) electrons. The van der Waals surface area contributed by atoms with E-state index in [1.807, 2.05) is 4.68 Å². The lowest BCUT2D eigenvalue weighted by Gasteiger charge is -2.23. The van der Waals surface area contributed by atoms with Crippen LogP contribution >= 0.6 is 0 Å². The molecular formula is C12H23N3O. The standard InChI is InChI=1S/C12H23N3O/c1-6-13-11(9(3)4)12-10(16-5)8-14-15(12)7-2/h8-9,11,13H,6-7H2,1-5H3. The number of methoxy groups -OCH3 is 1. The Morgan fingerprint density at radius 2 is 2.12 bits per heavy atom. The molecule has 0 fully saturated rings. The summed E-state index contributed by atoms with van der Waals surface area (Å²) in [6.07, 6.45) is 1.80. The first-order valence-electron chi connectivity index (χ1n) is 5.98. The van der Waals surface area contributed by atoms with Gasteiger partial charge in [0.2, 0.25) is 0 Å². The van der Waals surface area contributed by atoms with Crippen LogP contribution in [0.25, 0.3) is 0 Å². The summed E-state index contributed by atoms with van der Waals surface area (Å²) in [5, 5.41) is 7.84. The van der Waals surface area contributed by atoms with Crippen molar-refractivity contribution in [2.45, 2.75) is 40.3 Å². The Bertz CT molecular complexity index is 299. The summed E-state index contributed by atoms with van der Waals surface area (Å²) in [6, 6.07) is 0.294. The molecule has 1 atom stereocenters. The zero-order valence-corrected chi connectivity index (χ0v) is 10.9. The zero-order valence-electron chi connectivity index (χ0n) is 10.9. The van der Waals surface area contributed by atoms with E-state index in [9.17, 15) is 0 Å². The van der Waals surface area contributed by atoms with Crippen molar-refractivity contribution in [3.63, 3.8) is 0 Å². The number of aryl methyl sites for hydroxylation is 1. The Labute approximate surface area is 98.0 Å². The average molecular weight is 225 g/mol. The quantitative estimate of drug-likeness (QED) is 0.807. The average Bonchev–Trinajstić information content (AvgIpc) is 2.67. The maximum atomic E-state index is 5.38. The molecule has 0 aliphatic heterocycles. The maximum absolute atomic E-state index is 5.38. The first-order valence-corrected chi connectivity index (χ1v) is 5.98. The van der Waals surface area contributed by atoms with E-state index in [4.69, 9.17) is 4.74 Å². The van der Waals surface area contributed by atoms with Gasteiger partial charge in [-0.1, -0.05) is 20.8 Å². The molecule has 1 heterocycles. The third-order valence-electron chi connectivity index (χ3n) is 2.75. The second-order valence-electron chi connectivity index (χ2n) is 4.19. The fourth-order valence-corrected chi connectivity index (χ4v) is 1.97. The van der Waals surface area contributed by atoms with Crippen molar-refractivity contribution >= 4 is 0 Å². The molecule has 0 aromatic carbocycles. The topological polar surface area (TPSA) is 39.1 Å². The second-order valence-corrected chi connectivity index (χ2v) is 4.19. The lowest BCUT2D eigenvalue weighted by Crippen LogP contribution is -2.28. The molecule has 1 unspecified atom stereocenters. The molecule has 4 heteroatoms. The van der Waals surface area contributed by atoms with Crippen LogP contribution in [0.1, 0.15) is 39.4 Å². The molecule has 0 aliphatic rings. The molecule has 92 valence electrons. The Morgan fingerprint density at radius 3 is 2.56 bits per heavy atom. The molecule has 0 saturated heterocycles. The van der Waals surface area contributed by atoms with E-state index in [-0.39, 0.29) is 0 Å². The highest BCUT2D eigenvalue weighted by Crippen LogP contribution is 2.29. The van der Waals surface area contributed by atoms with Crippen LogP contribution in [-0.2, 0) is 6.54 Å².